The highest BCUT2D eigenvalue weighted by Crippen LogP contribution is 2.34. The molecule has 0 saturated carbocycles. The van der Waals surface area contributed by atoms with Crippen LogP contribution in [-0.4, -0.2) is 21.9 Å². The fourth-order valence-electron chi connectivity index (χ4n) is 1.69. The smallest absolute Gasteiger partial charge is 0.337 e. The van der Waals surface area contributed by atoms with Crippen LogP contribution in [0.5, 0.6) is 0 Å². The molecule has 2 rings (SSSR count). The minimum atomic E-state index is -0.505. The summed E-state index contributed by atoms with van der Waals surface area (Å²) < 4.78 is 0. The van der Waals surface area contributed by atoms with Gasteiger partial charge in [0.15, 0.2) is 5.69 Å². The van der Waals surface area contributed by atoms with Crippen LogP contribution in [0.25, 0.3) is 11.3 Å². The molecule has 0 radical (unpaired) electrons. The fraction of sp³-hybridized carbons (Fsp3) is 0.167. The van der Waals surface area contributed by atoms with Gasteiger partial charge in [0, 0.05) is 17.6 Å². The monoisotopic (exact) mass is 278 g/mol. The lowest BCUT2D eigenvalue weighted by Crippen LogP contribution is -2.03. The van der Waals surface area contributed by atoms with Crippen LogP contribution in [-0.2, 0) is 0 Å². The lowest BCUT2D eigenvalue weighted by molar-refractivity contribution is -0.383. The molecule has 0 aliphatic rings. The second-order valence-corrected chi connectivity index (χ2v) is 4.30. The molecule has 1 N–H and O–H groups in total. The molecule has 0 aliphatic heterocycles. The molecule has 0 bridgehead atoms. The van der Waals surface area contributed by atoms with E-state index >= 15 is 0 Å². The third-order valence-corrected chi connectivity index (χ3v) is 3.09. The van der Waals surface area contributed by atoms with E-state index in [1.165, 1.54) is 6.33 Å². The summed E-state index contributed by atoms with van der Waals surface area (Å²) in [4.78, 5) is 18.5. The van der Waals surface area contributed by atoms with E-state index in [2.05, 4.69) is 15.3 Å². The molecule has 1 heterocycles. The van der Waals surface area contributed by atoms with Crippen LogP contribution in [0.4, 0.5) is 11.5 Å². The van der Waals surface area contributed by atoms with Gasteiger partial charge < -0.3 is 5.32 Å². The predicted octanol–water partition coefficient (Wildman–Crippen LogP) is 3.06. The van der Waals surface area contributed by atoms with Crippen LogP contribution in [0.2, 0.25) is 5.02 Å². The highest BCUT2D eigenvalue weighted by Gasteiger charge is 2.23. The minimum absolute atomic E-state index is 0.162. The molecular weight excluding hydrogens is 268 g/mol. The van der Waals surface area contributed by atoms with Crippen LogP contribution in [0.1, 0.15) is 5.56 Å². The number of rotatable bonds is 3. The summed E-state index contributed by atoms with van der Waals surface area (Å²) in [5.74, 6) is 0.173. The molecule has 0 aliphatic carbocycles. The van der Waals surface area contributed by atoms with Crippen LogP contribution >= 0.6 is 11.6 Å². The Kier molecular flexibility index (Phi) is 3.62. The van der Waals surface area contributed by atoms with Gasteiger partial charge >= 0.3 is 5.69 Å². The predicted molar refractivity (Wildman–Crippen MR) is 73.4 cm³/mol. The van der Waals surface area contributed by atoms with Gasteiger partial charge in [0.25, 0.3) is 0 Å². The average molecular weight is 279 g/mol. The van der Waals surface area contributed by atoms with Gasteiger partial charge in [0.05, 0.1) is 4.92 Å². The largest absolute Gasteiger partial charge is 0.367 e. The topological polar surface area (TPSA) is 81.0 Å². The van der Waals surface area contributed by atoms with Crippen molar-refractivity contribution >= 4 is 23.1 Å². The van der Waals surface area contributed by atoms with Crippen LogP contribution in [0.3, 0.4) is 0 Å². The molecule has 2 aromatic rings. The zero-order valence-electron chi connectivity index (χ0n) is 10.3. The van der Waals surface area contributed by atoms with Crippen LogP contribution < -0.4 is 5.32 Å². The number of benzene rings is 1. The number of aromatic nitrogens is 2. The highest BCUT2D eigenvalue weighted by molar-refractivity contribution is 6.31. The first-order valence-corrected chi connectivity index (χ1v) is 5.86. The second-order valence-electron chi connectivity index (χ2n) is 3.89. The Balaban J connectivity index is 2.67. The number of hydrogen-bond acceptors (Lipinski definition) is 5. The SMILES string of the molecule is CNc1ncnc(-c2ccc(C)c(Cl)c2)c1[N+](=O)[O-]. The van der Waals surface area contributed by atoms with Crippen molar-refractivity contribution in [2.75, 3.05) is 12.4 Å². The minimum Gasteiger partial charge on any atom is -0.367 e. The normalized spacial score (nSPS) is 10.3. The second kappa shape index (κ2) is 5.19. The standard InChI is InChI=1S/C12H11ClN4O2/c1-7-3-4-8(5-9(7)13)10-11(17(18)19)12(14-2)16-6-15-10/h3-6H,1-2H3,(H,14,15,16). The third-order valence-electron chi connectivity index (χ3n) is 2.69. The first kappa shape index (κ1) is 13.2. The summed E-state index contributed by atoms with van der Waals surface area (Å²) >= 11 is 6.04. The van der Waals surface area contributed by atoms with Gasteiger partial charge in [-0.1, -0.05) is 23.7 Å². The van der Waals surface area contributed by atoms with Crippen molar-refractivity contribution in [1.82, 2.24) is 9.97 Å². The molecule has 0 atom stereocenters. The summed E-state index contributed by atoms with van der Waals surface area (Å²) in [6, 6.07) is 5.20. The average Bonchev–Trinajstić information content (AvgIpc) is 2.40. The van der Waals surface area contributed by atoms with Crippen molar-refractivity contribution < 1.29 is 4.92 Å². The molecule has 19 heavy (non-hydrogen) atoms. The zero-order chi connectivity index (χ0) is 14.0. The summed E-state index contributed by atoms with van der Waals surface area (Å²) in [5.41, 5.74) is 1.56. The van der Waals surface area contributed by atoms with Crippen molar-refractivity contribution in [3.63, 3.8) is 0 Å². The Morgan fingerprint density at radius 1 is 1.37 bits per heavy atom. The number of nitro groups is 1. The van der Waals surface area contributed by atoms with Crippen LogP contribution in [0, 0.1) is 17.0 Å². The van der Waals surface area contributed by atoms with Gasteiger partial charge in [0.2, 0.25) is 5.82 Å². The van der Waals surface area contributed by atoms with E-state index in [1.54, 1.807) is 25.2 Å². The van der Waals surface area contributed by atoms with Gasteiger partial charge in [-0.05, 0) is 18.6 Å². The van der Waals surface area contributed by atoms with E-state index in [1.807, 2.05) is 6.92 Å². The Hall–Kier alpha value is -2.21. The van der Waals surface area contributed by atoms with Crippen molar-refractivity contribution in [3.05, 3.63) is 45.2 Å². The molecule has 0 saturated heterocycles. The number of aryl methyl sites for hydroxylation is 1. The highest BCUT2D eigenvalue weighted by atomic mass is 35.5. The number of hydrogen-bond donors (Lipinski definition) is 1. The maximum atomic E-state index is 11.2. The van der Waals surface area contributed by atoms with Gasteiger partial charge in [-0.2, -0.15) is 0 Å². The van der Waals surface area contributed by atoms with E-state index in [9.17, 15) is 10.1 Å². The van der Waals surface area contributed by atoms with E-state index in [0.29, 0.717) is 10.6 Å². The summed E-state index contributed by atoms with van der Waals surface area (Å²) in [6.45, 7) is 1.86. The number of nitrogens with one attached hydrogen (secondary N) is 1. The maximum Gasteiger partial charge on any atom is 0.337 e. The Morgan fingerprint density at radius 3 is 2.68 bits per heavy atom. The molecule has 7 heteroatoms. The molecule has 1 aromatic carbocycles. The van der Waals surface area contributed by atoms with Crippen molar-refractivity contribution in [3.8, 4) is 11.3 Å². The lowest BCUT2D eigenvalue weighted by atomic mass is 10.1. The summed E-state index contributed by atoms with van der Waals surface area (Å²) in [6.07, 6.45) is 1.28. The molecule has 1 aromatic heterocycles. The first-order chi connectivity index (χ1) is 9.04. The van der Waals surface area contributed by atoms with Crippen LogP contribution in [0.15, 0.2) is 24.5 Å². The summed E-state index contributed by atoms with van der Waals surface area (Å²) in [7, 11) is 1.57. The first-order valence-electron chi connectivity index (χ1n) is 5.48. The van der Waals surface area contributed by atoms with Crippen molar-refractivity contribution in [2.24, 2.45) is 0 Å². The molecular formula is C12H11ClN4O2. The third kappa shape index (κ3) is 2.48. The van der Waals surface area contributed by atoms with Crippen molar-refractivity contribution in [2.45, 2.75) is 6.92 Å². The molecule has 0 spiro atoms. The zero-order valence-corrected chi connectivity index (χ0v) is 11.1. The Labute approximate surface area is 114 Å². The van der Waals surface area contributed by atoms with Gasteiger partial charge in [-0.15, -0.1) is 0 Å². The Bertz CT molecular complexity index is 646. The van der Waals surface area contributed by atoms with E-state index in [-0.39, 0.29) is 17.2 Å². The van der Waals surface area contributed by atoms with Gasteiger partial charge in [-0.3, -0.25) is 10.1 Å². The van der Waals surface area contributed by atoms with Gasteiger partial charge in [0.1, 0.15) is 6.33 Å². The molecule has 0 fully saturated rings. The van der Waals surface area contributed by atoms with Gasteiger partial charge in [-0.25, -0.2) is 9.97 Å². The molecule has 6 nitrogen and oxygen atoms in total. The lowest BCUT2D eigenvalue weighted by Gasteiger charge is -2.07. The quantitative estimate of drug-likeness (QED) is 0.689. The van der Waals surface area contributed by atoms with E-state index in [0.717, 1.165) is 5.56 Å². The number of nitrogens with zero attached hydrogens (tertiary/aromatic N) is 3. The Morgan fingerprint density at radius 2 is 2.11 bits per heavy atom. The molecule has 98 valence electrons. The summed E-state index contributed by atoms with van der Waals surface area (Å²) in [5, 5.41) is 14.4. The van der Waals surface area contributed by atoms with E-state index in [4.69, 9.17) is 11.6 Å². The van der Waals surface area contributed by atoms with E-state index < -0.39 is 4.92 Å². The van der Waals surface area contributed by atoms with Crippen molar-refractivity contribution in [1.29, 1.82) is 0 Å². The molecule has 0 amide bonds. The maximum absolute atomic E-state index is 11.2. The molecule has 0 unspecified atom stereocenters. The number of halogens is 1. The number of anilines is 1. The fourth-order valence-corrected chi connectivity index (χ4v) is 1.87.